The van der Waals surface area contributed by atoms with Crippen LogP contribution in [0.3, 0.4) is 0 Å². The summed E-state index contributed by atoms with van der Waals surface area (Å²) in [6.07, 6.45) is 10.6. The average Bonchev–Trinajstić information content (AvgIpc) is 4.09. The Morgan fingerprint density at radius 2 is 1.07 bits per heavy atom. The molecule has 4 nitrogen and oxygen atoms in total. The molecule has 5 heteroatoms. The van der Waals surface area contributed by atoms with Crippen molar-refractivity contribution in [2.24, 2.45) is 0 Å². The maximum atomic E-state index is 2.89. The minimum Gasteiger partial charge on any atom is -0.339 e. The van der Waals surface area contributed by atoms with Gasteiger partial charge in [-0.3, -0.25) is 0 Å². The Hall–Kier alpha value is -7.76. The SMILES string of the molecule is CC(C)(C)c1ccc(N(c2ccc3c(c2)N(C2CCCCC2)c2cc(C(C)(C)C)cc4c2B3c2c(c3c(n2-c2ccccc2)CCCC3)N4c2cccc3ccccc23)c2ccc(C(C)(C)C)cc2-c2cccc3ccccc23)cc1. The molecule has 1 saturated carbocycles. The lowest BCUT2D eigenvalue weighted by molar-refractivity contribution is 0.436. The number of hydrogen-bond donors (Lipinski definition) is 0. The highest BCUT2D eigenvalue weighted by atomic mass is 15.2. The summed E-state index contributed by atoms with van der Waals surface area (Å²) in [5, 5.41) is 5.07. The van der Waals surface area contributed by atoms with Gasteiger partial charge in [-0.1, -0.05) is 203 Å². The molecule has 0 radical (unpaired) electrons. The van der Waals surface area contributed by atoms with Crippen molar-refractivity contribution in [3.63, 3.8) is 0 Å². The molecule has 1 aromatic heterocycles. The van der Waals surface area contributed by atoms with E-state index in [4.69, 9.17) is 0 Å². The Balaban J connectivity index is 1.09. The van der Waals surface area contributed by atoms with Gasteiger partial charge in [-0.05, 0) is 176 Å². The molecule has 2 aliphatic heterocycles. The number of hydrogen-bond acceptors (Lipinski definition) is 3. The third-order valence-electron chi connectivity index (χ3n) is 18.7. The molecule has 1 fully saturated rings. The summed E-state index contributed by atoms with van der Waals surface area (Å²) in [5.41, 5.74) is 25.0. The highest BCUT2D eigenvalue weighted by Gasteiger charge is 2.49. The van der Waals surface area contributed by atoms with Gasteiger partial charge in [0.1, 0.15) is 0 Å². The zero-order chi connectivity index (χ0) is 55.5. The Morgan fingerprint density at radius 3 is 1.80 bits per heavy atom. The van der Waals surface area contributed by atoms with Crippen molar-refractivity contribution >= 4 is 90.3 Å². The number of para-hydroxylation sites is 1. The van der Waals surface area contributed by atoms with Crippen LogP contribution in [-0.4, -0.2) is 17.3 Å². The van der Waals surface area contributed by atoms with Crippen LogP contribution in [0.25, 0.3) is 38.4 Å². The number of nitrogens with zero attached hydrogens (tertiary/aromatic N) is 4. The van der Waals surface area contributed by atoms with Crippen LogP contribution in [0, 0.1) is 0 Å². The second-order valence-electron chi connectivity index (χ2n) is 27.0. The lowest BCUT2D eigenvalue weighted by Gasteiger charge is -2.48. The zero-order valence-electron chi connectivity index (χ0n) is 49.2. The molecule has 2 aliphatic carbocycles. The van der Waals surface area contributed by atoms with E-state index in [1.165, 1.54) is 155 Å². The molecular formula is C76H77BN4. The van der Waals surface area contributed by atoms with Gasteiger partial charge in [0.05, 0.1) is 17.1 Å². The smallest absolute Gasteiger partial charge is 0.273 e. The molecule has 0 N–H and O–H groups in total. The largest absolute Gasteiger partial charge is 0.339 e. The van der Waals surface area contributed by atoms with E-state index in [1.54, 1.807) is 0 Å². The number of anilines is 8. The van der Waals surface area contributed by atoms with Crippen molar-refractivity contribution < 1.29 is 0 Å². The zero-order valence-corrected chi connectivity index (χ0v) is 49.2. The van der Waals surface area contributed by atoms with E-state index in [0.717, 1.165) is 31.4 Å². The molecule has 81 heavy (non-hydrogen) atoms. The average molecular weight is 1060 g/mol. The predicted molar refractivity (Wildman–Crippen MR) is 348 cm³/mol. The molecule has 4 aliphatic rings. The van der Waals surface area contributed by atoms with E-state index in [9.17, 15) is 0 Å². The van der Waals surface area contributed by atoms with E-state index in [2.05, 4.69) is 270 Å². The molecule has 0 unspecified atom stereocenters. The van der Waals surface area contributed by atoms with Crippen LogP contribution in [0.4, 0.5) is 45.5 Å². The van der Waals surface area contributed by atoms with Crippen molar-refractivity contribution in [3.8, 4) is 16.8 Å². The highest BCUT2D eigenvalue weighted by molar-refractivity contribution is 7.00. The van der Waals surface area contributed by atoms with Gasteiger partial charge in [0.15, 0.2) is 0 Å². The molecule has 14 rings (SSSR count). The van der Waals surface area contributed by atoms with Gasteiger partial charge in [0.25, 0.3) is 6.71 Å². The minimum absolute atomic E-state index is 0.00890. The summed E-state index contributed by atoms with van der Waals surface area (Å²) >= 11 is 0. The topological polar surface area (TPSA) is 14.7 Å². The summed E-state index contributed by atoms with van der Waals surface area (Å²) < 4.78 is 2.75. The van der Waals surface area contributed by atoms with Crippen LogP contribution < -0.4 is 31.2 Å². The molecular weight excluding hydrogens is 980 g/mol. The van der Waals surface area contributed by atoms with Crippen molar-refractivity contribution in [1.82, 2.24) is 4.57 Å². The molecule has 0 amide bonds. The van der Waals surface area contributed by atoms with E-state index in [-0.39, 0.29) is 23.0 Å². The van der Waals surface area contributed by atoms with E-state index in [1.807, 2.05) is 0 Å². The monoisotopic (exact) mass is 1060 g/mol. The summed E-state index contributed by atoms with van der Waals surface area (Å²) in [5.74, 6) is 0. The van der Waals surface area contributed by atoms with Gasteiger partial charge in [-0.15, -0.1) is 0 Å². The molecule has 404 valence electrons. The quantitative estimate of drug-likeness (QED) is 0.148. The number of fused-ring (bicyclic) bond motifs is 8. The maximum Gasteiger partial charge on any atom is 0.273 e. The van der Waals surface area contributed by atoms with Crippen LogP contribution in [0.2, 0.25) is 0 Å². The Labute approximate surface area is 482 Å². The lowest BCUT2D eigenvalue weighted by Crippen LogP contribution is -2.64. The fraction of sp³-hybridized carbons (Fsp3) is 0.289. The van der Waals surface area contributed by atoms with Crippen molar-refractivity contribution in [2.75, 3.05) is 14.7 Å². The molecule has 0 atom stereocenters. The summed E-state index contributed by atoms with van der Waals surface area (Å²) in [4.78, 5) is 8.25. The fourth-order valence-electron chi connectivity index (χ4n) is 14.5. The van der Waals surface area contributed by atoms with E-state index >= 15 is 0 Å². The Bertz CT molecular complexity index is 4050. The lowest BCUT2D eigenvalue weighted by atomic mass is 9.34. The van der Waals surface area contributed by atoms with Crippen LogP contribution >= 0.6 is 0 Å². The predicted octanol–water partition coefficient (Wildman–Crippen LogP) is 18.8. The van der Waals surface area contributed by atoms with Crippen molar-refractivity contribution in [3.05, 3.63) is 216 Å². The van der Waals surface area contributed by atoms with Gasteiger partial charge in [0.2, 0.25) is 0 Å². The number of aromatic nitrogens is 1. The second kappa shape index (κ2) is 19.5. The second-order valence-corrected chi connectivity index (χ2v) is 27.0. The summed E-state index contributed by atoms with van der Waals surface area (Å²) in [7, 11) is 0. The third-order valence-corrected chi connectivity index (χ3v) is 18.7. The molecule has 0 saturated heterocycles. The standard InChI is InChI=1S/C76H77BN4/c1-74(2,3)52-38-41-57(42-39-52)78(67-45-40-53(75(4,5)6)46-63(67)61-35-22-26-50-24-16-18-32-59(50)61)58-43-44-64-68(49-58)79(55-28-12-10-13-29-55)69-47-54(76(7,8)9)48-70-71(69)77(64)73-72(81(70)65-37-23-27-51-25-17-19-33-60(51)65)62-34-20-21-36-66(62)80(73)56-30-14-11-15-31-56/h11,14-19,22-27,30-33,35,37-49,55H,10,12-13,20-21,28-29,34,36H2,1-9H3. The van der Waals surface area contributed by atoms with Gasteiger partial charge >= 0.3 is 0 Å². The summed E-state index contributed by atoms with van der Waals surface area (Å²) in [6, 6.07) is 73.3. The van der Waals surface area contributed by atoms with Crippen LogP contribution in [0.1, 0.15) is 135 Å². The molecule has 3 heterocycles. The van der Waals surface area contributed by atoms with Gasteiger partial charge in [0, 0.05) is 62.4 Å². The molecule has 0 bridgehead atoms. The van der Waals surface area contributed by atoms with E-state index < -0.39 is 0 Å². The van der Waals surface area contributed by atoms with Gasteiger partial charge in [-0.2, -0.15) is 0 Å². The van der Waals surface area contributed by atoms with Crippen molar-refractivity contribution in [2.45, 2.75) is 142 Å². The first kappa shape index (κ1) is 51.4. The Kier molecular flexibility index (Phi) is 12.4. The normalized spacial score (nSPS) is 15.4. The molecule has 10 aromatic rings. The maximum absolute atomic E-state index is 2.89. The first-order valence-electron chi connectivity index (χ1n) is 30.4. The van der Waals surface area contributed by atoms with Crippen LogP contribution in [0.15, 0.2) is 188 Å². The third kappa shape index (κ3) is 8.63. The van der Waals surface area contributed by atoms with Gasteiger partial charge in [-0.25, -0.2) is 0 Å². The van der Waals surface area contributed by atoms with Gasteiger partial charge < -0.3 is 19.3 Å². The number of benzene rings is 9. The molecule has 0 spiro atoms. The van der Waals surface area contributed by atoms with Crippen LogP contribution in [-0.2, 0) is 29.1 Å². The fourth-order valence-corrected chi connectivity index (χ4v) is 14.5. The highest BCUT2D eigenvalue weighted by Crippen LogP contribution is 2.52. The minimum atomic E-state index is -0.116. The first-order valence-corrected chi connectivity index (χ1v) is 30.4. The van der Waals surface area contributed by atoms with Crippen LogP contribution in [0.5, 0.6) is 0 Å². The Morgan fingerprint density at radius 1 is 0.457 bits per heavy atom. The summed E-state index contributed by atoms with van der Waals surface area (Å²) in [6.45, 7) is 21.2. The molecule has 9 aromatic carbocycles. The van der Waals surface area contributed by atoms with E-state index in [0.29, 0.717) is 6.04 Å². The van der Waals surface area contributed by atoms with Crippen molar-refractivity contribution in [1.29, 1.82) is 0 Å². The number of rotatable bonds is 7. The first-order chi connectivity index (χ1) is 39.1.